The van der Waals surface area contributed by atoms with Crippen LogP contribution in [-0.4, -0.2) is 37.2 Å². The Labute approximate surface area is 467 Å². The zero-order valence-electron chi connectivity index (χ0n) is 50.6. The molecule has 75 heavy (non-hydrogen) atoms. The van der Waals surface area contributed by atoms with E-state index in [4.69, 9.17) is 14.2 Å². The number of allylic oxidation sites excluding steroid dienone is 6. The highest BCUT2D eigenvalue weighted by Gasteiger charge is 2.19. The maximum Gasteiger partial charge on any atom is 0.306 e. The lowest BCUT2D eigenvalue weighted by Crippen LogP contribution is -2.30. The molecule has 0 N–H and O–H groups in total. The van der Waals surface area contributed by atoms with Crippen LogP contribution in [0.3, 0.4) is 0 Å². The first-order valence-electron chi connectivity index (χ1n) is 33.5. The molecule has 6 nitrogen and oxygen atoms in total. The number of carbonyl (C=O) groups excluding carboxylic acids is 3. The normalized spacial score (nSPS) is 12.2. The summed E-state index contributed by atoms with van der Waals surface area (Å²) in [7, 11) is 0. The van der Waals surface area contributed by atoms with Crippen LogP contribution in [0.15, 0.2) is 36.5 Å². The minimum Gasteiger partial charge on any atom is -0.462 e. The SMILES string of the molecule is CC/C=C\C/C=C\C/C=C\CCCCCCCCCC(=O)OC(COC(=O)CCCCCCCCCCC)COC(=O)CCCCCCCCCCCCCCCCCCCCCCCCCCCCCCCCC. The number of hydrogen-bond donors (Lipinski definition) is 0. The van der Waals surface area contributed by atoms with Gasteiger partial charge in [-0.15, -0.1) is 0 Å². The van der Waals surface area contributed by atoms with Gasteiger partial charge < -0.3 is 14.2 Å². The lowest BCUT2D eigenvalue weighted by atomic mass is 10.0. The third kappa shape index (κ3) is 62.4. The molecule has 0 aromatic heterocycles. The second kappa shape index (κ2) is 64.2. The van der Waals surface area contributed by atoms with Crippen molar-refractivity contribution in [1.82, 2.24) is 0 Å². The smallest absolute Gasteiger partial charge is 0.306 e. The van der Waals surface area contributed by atoms with Crippen LogP contribution >= 0.6 is 0 Å². The van der Waals surface area contributed by atoms with Crippen molar-refractivity contribution in [1.29, 1.82) is 0 Å². The highest BCUT2D eigenvalue weighted by molar-refractivity contribution is 5.71. The first-order chi connectivity index (χ1) is 37.0. The summed E-state index contributed by atoms with van der Waals surface area (Å²) in [6, 6.07) is 0. The quantitative estimate of drug-likeness (QED) is 0.0261. The Morgan fingerprint density at radius 1 is 0.280 bits per heavy atom. The fourth-order valence-electron chi connectivity index (χ4n) is 10.2. The first kappa shape index (κ1) is 72.6. The van der Waals surface area contributed by atoms with Crippen molar-refractivity contribution >= 4 is 17.9 Å². The van der Waals surface area contributed by atoms with Crippen molar-refractivity contribution < 1.29 is 28.6 Å². The number of esters is 3. The van der Waals surface area contributed by atoms with E-state index in [0.29, 0.717) is 19.3 Å². The number of rotatable bonds is 62. The Morgan fingerprint density at radius 3 is 0.813 bits per heavy atom. The number of ether oxygens (including phenoxy) is 3. The van der Waals surface area contributed by atoms with E-state index in [-0.39, 0.29) is 31.1 Å². The summed E-state index contributed by atoms with van der Waals surface area (Å²) < 4.78 is 16.9. The van der Waals surface area contributed by atoms with E-state index in [1.165, 1.54) is 244 Å². The van der Waals surface area contributed by atoms with Gasteiger partial charge in [0.1, 0.15) is 13.2 Å². The molecule has 0 aromatic rings. The van der Waals surface area contributed by atoms with Gasteiger partial charge in [-0.1, -0.05) is 333 Å². The van der Waals surface area contributed by atoms with Crippen LogP contribution in [0.2, 0.25) is 0 Å². The van der Waals surface area contributed by atoms with Gasteiger partial charge in [-0.05, 0) is 51.4 Å². The average molecular weight is 1050 g/mol. The number of unbranched alkanes of at least 4 members (excludes halogenated alkanes) is 45. The van der Waals surface area contributed by atoms with Gasteiger partial charge in [-0.2, -0.15) is 0 Å². The van der Waals surface area contributed by atoms with Gasteiger partial charge in [0, 0.05) is 19.3 Å². The lowest BCUT2D eigenvalue weighted by molar-refractivity contribution is -0.167. The van der Waals surface area contributed by atoms with Gasteiger partial charge in [-0.3, -0.25) is 14.4 Å². The van der Waals surface area contributed by atoms with Crippen LogP contribution < -0.4 is 0 Å². The maximum atomic E-state index is 12.9. The second-order valence-corrected chi connectivity index (χ2v) is 22.7. The van der Waals surface area contributed by atoms with E-state index in [0.717, 1.165) is 83.5 Å². The molecule has 0 aliphatic heterocycles. The molecule has 0 aliphatic rings. The molecule has 0 saturated carbocycles. The summed E-state index contributed by atoms with van der Waals surface area (Å²) in [6.45, 7) is 6.56. The third-order valence-corrected chi connectivity index (χ3v) is 15.2. The van der Waals surface area contributed by atoms with E-state index >= 15 is 0 Å². The predicted molar refractivity (Wildman–Crippen MR) is 326 cm³/mol. The molecule has 0 fully saturated rings. The summed E-state index contributed by atoms with van der Waals surface area (Å²) >= 11 is 0. The molecule has 0 saturated heterocycles. The van der Waals surface area contributed by atoms with Crippen molar-refractivity contribution in [2.45, 2.75) is 374 Å². The summed E-state index contributed by atoms with van der Waals surface area (Å²) in [5.74, 6) is -0.862. The van der Waals surface area contributed by atoms with Crippen LogP contribution in [0.5, 0.6) is 0 Å². The minimum atomic E-state index is -0.773. The fourth-order valence-corrected chi connectivity index (χ4v) is 10.2. The topological polar surface area (TPSA) is 78.9 Å². The van der Waals surface area contributed by atoms with E-state index in [9.17, 15) is 14.4 Å². The van der Waals surface area contributed by atoms with Gasteiger partial charge >= 0.3 is 17.9 Å². The Morgan fingerprint density at radius 2 is 0.520 bits per heavy atom. The Hall–Kier alpha value is -2.37. The van der Waals surface area contributed by atoms with Crippen LogP contribution in [0.25, 0.3) is 0 Å². The van der Waals surface area contributed by atoms with Gasteiger partial charge in [0.2, 0.25) is 0 Å². The second-order valence-electron chi connectivity index (χ2n) is 22.7. The summed E-state index contributed by atoms with van der Waals surface area (Å²) in [4.78, 5) is 38.2. The van der Waals surface area contributed by atoms with Crippen molar-refractivity contribution in [3.05, 3.63) is 36.5 Å². The molecular formula is C69H128O6. The van der Waals surface area contributed by atoms with E-state index in [1.807, 2.05) is 0 Å². The summed E-state index contributed by atoms with van der Waals surface area (Å²) in [6.07, 6.45) is 79.1. The van der Waals surface area contributed by atoms with Crippen molar-refractivity contribution in [3.8, 4) is 0 Å². The lowest BCUT2D eigenvalue weighted by Gasteiger charge is -2.18. The van der Waals surface area contributed by atoms with Gasteiger partial charge in [-0.25, -0.2) is 0 Å². The van der Waals surface area contributed by atoms with E-state index < -0.39 is 6.10 Å². The summed E-state index contributed by atoms with van der Waals surface area (Å²) in [5.41, 5.74) is 0. The number of carbonyl (C=O) groups is 3. The first-order valence-corrected chi connectivity index (χ1v) is 33.5. The molecule has 0 rings (SSSR count). The van der Waals surface area contributed by atoms with Gasteiger partial charge in [0.15, 0.2) is 6.10 Å². The standard InChI is InChI=1S/C69H128O6/c1-4-7-10-13-16-19-21-23-25-27-28-29-30-31-32-33-34-35-36-37-38-39-40-42-43-45-47-50-53-56-59-62-68(71)74-65-66(64-73-67(70)61-58-55-52-49-18-15-12-9-6-3)75-69(72)63-60-57-54-51-48-46-44-41-26-24-22-20-17-14-11-8-5-2/h8,11,17,20,24,26,66H,4-7,9-10,12-16,18-19,21-23,25,27-65H2,1-3H3/b11-8-,20-17-,26-24-. The molecule has 1 atom stereocenters. The minimum absolute atomic E-state index is 0.0714. The highest BCUT2D eigenvalue weighted by atomic mass is 16.6. The van der Waals surface area contributed by atoms with Gasteiger partial charge in [0.05, 0.1) is 0 Å². The van der Waals surface area contributed by atoms with Crippen LogP contribution in [0.4, 0.5) is 0 Å². The Kier molecular flexibility index (Phi) is 62.1. The van der Waals surface area contributed by atoms with Crippen molar-refractivity contribution in [2.24, 2.45) is 0 Å². The summed E-state index contributed by atoms with van der Waals surface area (Å²) in [5, 5.41) is 0. The molecule has 0 aromatic carbocycles. The molecular weight excluding hydrogens is 925 g/mol. The molecule has 440 valence electrons. The van der Waals surface area contributed by atoms with Crippen molar-refractivity contribution in [3.63, 3.8) is 0 Å². The molecule has 6 heteroatoms. The molecule has 0 amide bonds. The monoisotopic (exact) mass is 1050 g/mol. The fraction of sp³-hybridized carbons (Fsp3) is 0.870. The molecule has 0 aliphatic carbocycles. The zero-order chi connectivity index (χ0) is 54.3. The highest BCUT2D eigenvalue weighted by Crippen LogP contribution is 2.18. The van der Waals surface area contributed by atoms with Crippen LogP contribution in [0, 0.1) is 0 Å². The molecule has 1 unspecified atom stereocenters. The number of hydrogen-bond acceptors (Lipinski definition) is 6. The zero-order valence-corrected chi connectivity index (χ0v) is 50.6. The third-order valence-electron chi connectivity index (χ3n) is 15.2. The molecule has 0 radical (unpaired) electrons. The predicted octanol–water partition coefficient (Wildman–Crippen LogP) is 22.8. The van der Waals surface area contributed by atoms with E-state index in [2.05, 4.69) is 57.2 Å². The average Bonchev–Trinajstić information content (AvgIpc) is 3.41. The largest absolute Gasteiger partial charge is 0.462 e. The van der Waals surface area contributed by atoms with Crippen molar-refractivity contribution in [2.75, 3.05) is 13.2 Å². The maximum absolute atomic E-state index is 12.9. The van der Waals surface area contributed by atoms with Crippen LogP contribution in [0.1, 0.15) is 367 Å². The van der Waals surface area contributed by atoms with E-state index in [1.54, 1.807) is 0 Å². The Bertz CT molecular complexity index is 1250. The molecule has 0 spiro atoms. The molecule has 0 heterocycles. The Balaban J connectivity index is 4.04. The van der Waals surface area contributed by atoms with Gasteiger partial charge in [0.25, 0.3) is 0 Å². The molecule has 0 bridgehead atoms. The van der Waals surface area contributed by atoms with Crippen LogP contribution in [-0.2, 0) is 28.6 Å².